The van der Waals surface area contributed by atoms with Gasteiger partial charge in [-0.25, -0.2) is 9.59 Å². The fourth-order valence-corrected chi connectivity index (χ4v) is 4.10. The minimum atomic E-state index is -1.24. The van der Waals surface area contributed by atoms with Gasteiger partial charge < -0.3 is 40.9 Å². The minimum absolute atomic E-state index is 0.000761. The zero-order chi connectivity index (χ0) is 25.8. The van der Waals surface area contributed by atoms with E-state index >= 15 is 0 Å². The van der Waals surface area contributed by atoms with E-state index in [1.165, 1.54) is 17.0 Å². The molecule has 1 aromatic heterocycles. The number of benzene rings is 2. The van der Waals surface area contributed by atoms with E-state index in [0.29, 0.717) is 12.0 Å². The second kappa shape index (κ2) is 10.6. The maximum atomic E-state index is 13.0. The van der Waals surface area contributed by atoms with Crippen molar-refractivity contribution in [3.8, 4) is 11.5 Å². The summed E-state index contributed by atoms with van der Waals surface area (Å²) in [6, 6.07) is 9.01. The van der Waals surface area contributed by atoms with Gasteiger partial charge in [-0.05, 0) is 48.2 Å². The molecule has 12 heteroatoms. The Morgan fingerprint density at radius 1 is 1.06 bits per heavy atom. The van der Waals surface area contributed by atoms with Gasteiger partial charge in [0, 0.05) is 13.0 Å². The Labute approximate surface area is 206 Å². The molecule has 1 saturated heterocycles. The zero-order valence-electron chi connectivity index (χ0n) is 19.2. The van der Waals surface area contributed by atoms with Gasteiger partial charge in [0.2, 0.25) is 0 Å². The molecule has 2 amide bonds. The number of likely N-dealkylation sites (tertiary alicyclic amines) is 1. The van der Waals surface area contributed by atoms with Crippen molar-refractivity contribution in [3.05, 3.63) is 71.4 Å². The summed E-state index contributed by atoms with van der Waals surface area (Å²) in [4.78, 5) is 30.4. The van der Waals surface area contributed by atoms with Crippen molar-refractivity contribution in [3.63, 3.8) is 0 Å². The first kappa shape index (κ1) is 24.9. The first-order valence-corrected chi connectivity index (χ1v) is 11.3. The molecule has 1 fully saturated rings. The number of urea groups is 1. The van der Waals surface area contributed by atoms with Gasteiger partial charge in [0.1, 0.15) is 23.6 Å². The quantitative estimate of drug-likeness (QED) is 0.263. The molecule has 1 aliphatic rings. The van der Waals surface area contributed by atoms with Gasteiger partial charge in [-0.1, -0.05) is 29.4 Å². The lowest BCUT2D eigenvalue weighted by molar-refractivity contribution is -0.139. The molecule has 36 heavy (non-hydrogen) atoms. The van der Waals surface area contributed by atoms with Crippen molar-refractivity contribution in [1.82, 2.24) is 20.4 Å². The number of aromatic nitrogens is 2. The first-order chi connectivity index (χ1) is 17.2. The highest BCUT2D eigenvalue weighted by atomic mass is 16.5. The molecule has 0 aliphatic carbocycles. The van der Waals surface area contributed by atoms with Crippen LogP contribution in [-0.4, -0.2) is 66.2 Å². The Bertz CT molecular complexity index is 1200. The van der Waals surface area contributed by atoms with Crippen molar-refractivity contribution in [2.24, 2.45) is 5.73 Å². The molecular formula is C24H27N5O7. The SMILES string of the molecule is N[C@@H](Cc1ccc(O)cc1)c1noc(C2[C@H](O)CCN2C(=O)N[C@@H](Cc2ccc(O)cc2)C(=O)O)n1. The fraction of sp³-hybridized carbons (Fsp3) is 0.333. The Morgan fingerprint density at radius 2 is 1.64 bits per heavy atom. The number of aromatic hydroxyl groups is 2. The van der Waals surface area contributed by atoms with Gasteiger partial charge in [-0.2, -0.15) is 4.98 Å². The fourth-order valence-electron chi connectivity index (χ4n) is 4.10. The van der Waals surface area contributed by atoms with E-state index < -0.39 is 36.2 Å². The van der Waals surface area contributed by atoms with Gasteiger partial charge in [0.15, 0.2) is 5.82 Å². The molecule has 0 spiro atoms. The molecule has 190 valence electrons. The first-order valence-electron chi connectivity index (χ1n) is 11.3. The zero-order valence-corrected chi connectivity index (χ0v) is 19.2. The average molecular weight is 498 g/mol. The van der Waals surface area contributed by atoms with Crippen molar-refractivity contribution < 1.29 is 34.5 Å². The molecule has 0 bridgehead atoms. The summed E-state index contributed by atoms with van der Waals surface area (Å²) < 4.78 is 5.33. The molecule has 7 N–H and O–H groups in total. The maximum absolute atomic E-state index is 13.0. The summed E-state index contributed by atoms with van der Waals surface area (Å²) in [5, 5.41) is 45.4. The number of hydrogen-bond acceptors (Lipinski definition) is 9. The van der Waals surface area contributed by atoms with Crippen LogP contribution in [0.1, 0.15) is 41.3 Å². The van der Waals surface area contributed by atoms with Crippen LogP contribution < -0.4 is 11.1 Å². The van der Waals surface area contributed by atoms with Gasteiger partial charge in [-0.3, -0.25) is 0 Å². The topological polar surface area (TPSA) is 195 Å². The molecule has 12 nitrogen and oxygen atoms in total. The Morgan fingerprint density at radius 3 is 2.22 bits per heavy atom. The van der Waals surface area contributed by atoms with E-state index in [1.54, 1.807) is 36.4 Å². The predicted molar refractivity (Wildman–Crippen MR) is 125 cm³/mol. The van der Waals surface area contributed by atoms with Crippen LogP contribution in [0.5, 0.6) is 11.5 Å². The van der Waals surface area contributed by atoms with E-state index in [1.807, 2.05) is 0 Å². The number of nitrogens with one attached hydrogen (secondary N) is 1. The molecule has 2 aromatic carbocycles. The van der Waals surface area contributed by atoms with Crippen molar-refractivity contribution in [2.75, 3.05) is 6.54 Å². The summed E-state index contributed by atoms with van der Waals surface area (Å²) in [6.07, 6.45) is -0.379. The molecule has 4 rings (SSSR count). The molecule has 3 aromatic rings. The number of aliphatic carboxylic acids is 1. The third-order valence-corrected chi connectivity index (χ3v) is 6.03. The lowest BCUT2D eigenvalue weighted by Gasteiger charge is -2.25. The smallest absolute Gasteiger partial charge is 0.326 e. The number of aliphatic hydroxyl groups excluding tert-OH is 1. The van der Waals surface area contributed by atoms with E-state index in [0.717, 1.165) is 5.56 Å². The monoisotopic (exact) mass is 497 g/mol. The minimum Gasteiger partial charge on any atom is -0.508 e. The number of aliphatic hydroxyl groups is 1. The lowest BCUT2D eigenvalue weighted by Crippen LogP contribution is -2.49. The van der Waals surface area contributed by atoms with Crippen LogP contribution in [0.4, 0.5) is 4.79 Å². The molecule has 1 aliphatic heterocycles. The van der Waals surface area contributed by atoms with E-state index in [2.05, 4.69) is 15.5 Å². The van der Waals surface area contributed by atoms with Gasteiger partial charge in [-0.15, -0.1) is 0 Å². The standard InChI is InChI=1S/C24H27N5O7/c25-17(11-13-1-5-15(30)6-2-13)21-27-22(36-28-21)20-19(32)9-10-29(20)24(35)26-18(23(33)34)12-14-3-7-16(31)8-4-14/h1-8,17-20,30-32H,9-12,25H2,(H,26,35)(H,33,34)/t17-,18-,19+,20?/m0/s1. The average Bonchev–Trinajstić information content (AvgIpc) is 3.48. The highest BCUT2D eigenvalue weighted by Crippen LogP contribution is 2.32. The van der Waals surface area contributed by atoms with Crippen LogP contribution in [0.3, 0.4) is 0 Å². The molecule has 4 atom stereocenters. The van der Waals surface area contributed by atoms with E-state index in [9.17, 15) is 30.0 Å². The summed E-state index contributed by atoms with van der Waals surface area (Å²) >= 11 is 0. The molecule has 2 heterocycles. The molecule has 0 radical (unpaired) electrons. The maximum Gasteiger partial charge on any atom is 0.326 e. The number of phenols is 2. The number of carboxylic acids is 1. The highest BCUT2D eigenvalue weighted by Gasteiger charge is 2.42. The van der Waals surface area contributed by atoms with Gasteiger partial charge in [0.05, 0.1) is 12.1 Å². The Hall–Kier alpha value is -4.16. The van der Waals surface area contributed by atoms with Gasteiger partial charge in [0.25, 0.3) is 5.89 Å². The lowest BCUT2D eigenvalue weighted by atomic mass is 10.1. The van der Waals surface area contributed by atoms with Crippen molar-refractivity contribution in [1.29, 1.82) is 0 Å². The van der Waals surface area contributed by atoms with Crippen molar-refractivity contribution in [2.45, 2.75) is 43.5 Å². The summed E-state index contributed by atoms with van der Waals surface area (Å²) in [5.74, 6) is -0.862. The second-order valence-electron chi connectivity index (χ2n) is 8.67. The number of hydrogen-bond donors (Lipinski definition) is 6. The van der Waals surface area contributed by atoms with Crippen molar-refractivity contribution >= 4 is 12.0 Å². The summed E-state index contributed by atoms with van der Waals surface area (Å²) in [6.45, 7) is 0.153. The van der Waals surface area contributed by atoms with Crippen LogP contribution in [-0.2, 0) is 17.6 Å². The number of amides is 2. The van der Waals surface area contributed by atoms with Crippen LogP contribution in [0, 0.1) is 0 Å². The third kappa shape index (κ3) is 5.73. The van der Waals surface area contributed by atoms with E-state index in [-0.39, 0.29) is 42.6 Å². The van der Waals surface area contributed by atoms with Crippen LogP contribution in [0.15, 0.2) is 53.1 Å². The highest BCUT2D eigenvalue weighted by molar-refractivity contribution is 5.83. The predicted octanol–water partition coefficient (Wildman–Crippen LogP) is 1.24. The number of rotatable bonds is 8. The van der Waals surface area contributed by atoms with Crippen LogP contribution >= 0.6 is 0 Å². The number of nitrogens with zero attached hydrogens (tertiary/aromatic N) is 3. The normalized spacial score (nSPS) is 19.1. The van der Waals surface area contributed by atoms with Gasteiger partial charge >= 0.3 is 12.0 Å². The largest absolute Gasteiger partial charge is 0.508 e. The summed E-state index contributed by atoms with van der Waals surface area (Å²) in [7, 11) is 0. The molecule has 1 unspecified atom stereocenters. The number of carboxylic acid groups (broad SMARTS) is 1. The molecule has 0 saturated carbocycles. The van der Waals surface area contributed by atoms with Crippen LogP contribution in [0.2, 0.25) is 0 Å². The third-order valence-electron chi connectivity index (χ3n) is 6.03. The Balaban J connectivity index is 1.45. The number of phenolic OH excluding ortho intramolecular Hbond substituents is 2. The van der Waals surface area contributed by atoms with E-state index in [4.69, 9.17) is 10.3 Å². The van der Waals surface area contributed by atoms with Crippen LogP contribution in [0.25, 0.3) is 0 Å². The second-order valence-corrected chi connectivity index (χ2v) is 8.67. The summed E-state index contributed by atoms with van der Waals surface area (Å²) in [5.41, 5.74) is 7.67. The number of nitrogens with two attached hydrogens (primary N) is 1. The molecular weight excluding hydrogens is 470 g/mol. The Kier molecular flexibility index (Phi) is 7.36. The number of carbonyl (C=O) groups excluding carboxylic acids is 1. The number of carbonyl (C=O) groups is 2.